The predicted octanol–water partition coefficient (Wildman–Crippen LogP) is 4.26. The zero-order valence-electron chi connectivity index (χ0n) is 17.5. The molecular weight excluding hydrogens is 393 g/mol. The average Bonchev–Trinajstić information content (AvgIpc) is 3.51. The number of hydrogen-bond donors (Lipinski definition) is 0. The standard InChI is InChI=1S/C25H26FN3O2/c26-19-5-1-4-18(14-19)15-29-22-16-28(23(31)7-2-9-25(17-30)10-11-25)13-8-20(22)21-6-3-12-27-24(21)29/h1,3-6,12,14,17H,2,7-11,13,15-16H2. The number of nitrogens with zero attached hydrogens (tertiary/aromatic N) is 3. The number of carbonyl (C=O) groups is 2. The minimum atomic E-state index is -0.253. The molecule has 0 atom stereocenters. The third-order valence-corrected chi connectivity index (χ3v) is 6.80. The van der Waals surface area contributed by atoms with Crippen LogP contribution in [-0.4, -0.2) is 33.2 Å². The average molecular weight is 420 g/mol. The van der Waals surface area contributed by atoms with E-state index < -0.39 is 0 Å². The molecule has 1 aliphatic heterocycles. The highest BCUT2D eigenvalue weighted by molar-refractivity contribution is 5.84. The van der Waals surface area contributed by atoms with Gasteiger partial charge in [0, 0.05) is 42.2 Å². The Hall–Kier alpha value is -3.02. The Morgan fingerprint density at radius 3 is 2.87 bits per heavy atom. The van der Waals surface area contributed by atoms with Crippen LogP contribution in [-0.2, 0) is 29.1 Å². The Kier molecular flexibility index (Phi) is 5.08. The Morgan fingerprint density at radius 1 is 1.23 bits per heavy atom. The minimum absolute atomic E-state index is 0.140. The van der Waals surface area contributed by atoms with Crippen LogP contribution in [0.5, 0.6) is 0 Å². The summed E-state index contributed by atoms with van der Waals surface area (Å²) in [6, 6.07) is 10.6. The second-order valence-electron chi connectivity index (χ2n) is 8.91. The number of aromatic nitrogens is 2. The molecule has 1 saturated carbocycles. The third kappa shape index (κ3) is 3.87. The topological polar surface area (TPSA) is 55.2 Å². The number of aldehydes is 1. The molecule has 2 aromatic heterocycles. The molecule has 3 aromatic rings. The van der Waals surface area contributed by atoms with Crippen molar-refractivity contribution in [1.82, 2.24) is 14.5 Å². The van der Waals surface area contributed by atoms with Crippen LogP contribution in [0.1, 0.15) is 48.9 Å². The summed E-state index contributed by atoms with van der Waals surface area (Å²) in [5.74, 6) is -0.112. The van der Waals surface area contributed by atoms with E-state index in [0.717, 1.165) is 60.7 Å². The van der Waals surface area contributed by atoms with E-state index in [4.69, 9.17) is 0 Å². The molecule has 5 rings (SSSR count). The van der Waals surface area contributed by atoms with Crippen LogP contribution in [0.15, 0.2) is 42.6 Å². The zero-order valence-corrected chi connectivity index (χ0v) is 17.5. The molecule has 5 nitrogen and oxygen atoms in total. The third-order valence-electron chi connectivity index (χ3n) is 6.80. The number of carbonyl (C=O) groups excluding carboxylic acids is 2. The van der Waals surface area contributed by atoms with Crippen molar-refractivity contribution in [3.63, 3.8) is 0 Å². The van der Waals surface area contributed by atoms with E-state index in [1.165, 1.54) is 11.6 Å². The van der Waals surface area contributed by atoms with Gasteiger partial charge in [-0.25, -0.2) is 9.37 Å². The van der Waals surface area contributed by atoms with Crippen LogP contribution in [0.4, 0.5) is 4.39 Å². The predicted molar refractivity (Wildman–Crippen MR) is 116 cm³/mol. The van der Waals surface area contributed by atoms with Crippen LogP contribution >= 0.6 is 0 Å². The summed E-state index contributed by atoms with van der Waals surface area (Å²) < 4.78 is 15.9. The van der Waals surface area contributed by atoms with Gasteiger partial charge >= 0.3 is 0 Å². The van der Waals surface area contributed by atoms with E-state index in [-0.39, 0.29) is 17.1 Å². The van der Waals surface area contributed by atoms with E-state index in [9.17, 15) is 14.0 Å². The summed E-state index contributed by atoms with van der Waals surface area (Å²) in [5.41, 5.74) is 3.94. The lowest BCUT2D eigenvalue weighted by molar-refractivity contribution is -0.132. The van der Waals surface area contributed by atoms with Gasteiger partial charge in [0.25, 0.3) is 0 Å². The van der Waals surface area contributed by atoms with Gasteiger partial charge in [0.1, 0.15) is 17.8 Å². The molecule has 2 aliphatic rings. The number of amides is 1. The lowest BCUT2D eigenvalue weighted by Gasteiger charge is -2.29. The Balaban J connectivity index is 1.38. The van der Waals surface area contributed by atoms with Crippen LogP contribution < -0.4 is 0 Å². The highest BCUT2D eigenvalue weighted by Crippen LogP contribution is 2.47. The van der Waals surface area contributed by atoms with Crippen molar-refractivity contribution in [2.45, 2.75) is 51.6 Å². The molecule has 160 valence electrons. The van der Waals surface area contributed by atoms with Crippen LogP contribution in [0, 0.1) is 11.2 Å². The second kappa shape index (κ2) is 7.91. The summed E-state index contributed by atoms with van der Waals surface area (Å²) in [7, 11) is 0. The van der Waals surface area contributed by atoms with Crippen molar-refractivity contribution in [3.8, 4) is 0 Å². The summed E-state index contributed by atoms with van der Waals surface area (Å²) in [4.78, 5) is 30.6. The SMILES string of the molecule is O=CC1(CCCC(=O)N2CCc3c(n(Cc4cccc(F)c4)c4ncccc34)C2)CC1. The Bertz CT molecular complexity index is 1150. The molecule has 0 spiro atoms. The summed E-state index contributed by atoms with van der Waals surface area (Å²) in [6.07, 6.45) is 7.61. The first kappa shape index (κ1) is 19.9. The fraction of sp³-hybridized carbons (Fsp3) is 0.400. The van der Waals surface area contributed by atoms with E-state index in [1.54, 1.807) is 18.3 Å². The van der Waals surface area contributed by atoms with Gasteiger partial charge in [-0.2, -0.15) is 0 Å². The van der Waals surface area contributed by atoms with E-state index in [2.05, 4.69) is 15.6 Å². The zero-order chi connectivity index (χ0) is 21.4. The first-order valence-corrected chi connectivity index (χ1v) is 11.0. The largest absolute Gasteiger partial charge is 0.337 e. The molecule has 0 unspecified atom stereocenters. The van der Waals surface area contributed by atoms with Crippen molar-refractivity contribution in [2.75, 3.05) is 6.54 Å². The first-order chi connectivity index (χ1) is 15.1. The number of hydrogen-bond acceptors (Lipinski definition) is 3. The molecule has 0 N–H and O–H groups in total. The molecule has 3 heterocycles. The maximum Gasteiger partial charge on any atom is 0.222 e. The monoisotopic (exact) mass is 419 g/mol. The van der Waals surface area contributed by atoms with Crippen molar-refractivity contribution < 1.29 is 14.0 Å². The van der Waals surface area contributed by atoms with Crippen molar-refractivity contribution in [1.29, 1.82) is 0 Å². The maximum absolute atomic E-state index is 13.7. The van der Waals surface area contributed by atoms with Gasteiger partial charge in [-0.3, -0.25) is 4.79 Å². The van der Waals surface area contributed by atoms with Gasteiger partial charge < -0.3 is 14.3 Å². The lowest BCUT2D eigenvalue weighted by atomic mass is 10.00. The highest BCUT2D eigenvalue weighted by atomic mass is 19.1. The second-order valence-corrected chi connectivity index (χ2v) is 8.91. The fourth-order valence-corrected chi connectivity index (χ4v) is 4.80. The van der Waals surface area contributed by atoms with Gasteiger partial charge in [-0.15, -0.1) is 0 Å². The molecule has 31 heavy (non-hydrogen) atoms. The molecule has 0 radical (unpaired) electrons. The molecule has 1 amide bonds. The van der Waals surface area contributed by atoms with Crippen LogP contribution in [0.25, 0.3) is 11.0 Å². The minimum Gasteiger partial charge on any atom is -0.337 e. The number of benzene rings is 1. The van der Waals surface area contributed by atoms with Gasteiger partial charge in [0.05, 0.1) is 6.54 Å². The van der Waals surface area contributed by atoms with Crippen molar-refractivity contribution >= 4 is 23.2 Å². The number of rotatable bonds is 7. The van der Waals surface area contributed by atoms with Crippen molar-refractivity contribution in [3.05, 3.63) is 65.2 Å². The molecule has 0 bridgehead atoms. The fourth-order valence-electron chi connectivity index (χ4n) is 4.80. The molecule has 1 aliphatic carbocycles. The highest BCUT2D eigenvalue weighted by Gasteiger charge is 2.41. The van der Waals surface area contributed by atoms with Crippen LogP contribution in [0.3, 0.4) is 0 Å². The Morgan fingerprint density at radius 2 is 2.10 bits per heavy atom. The number of fused-ring (bicyclic) bond motifs is 3. The molecule has 0 saturated heterocycles. The van der Waals surface area contributed by atoms with E-state index in [1.807, 2.05) is 17.0 Å². The van der Waals surface area contributed by atoms with Crippen LogP contribution in [0.2, 0.25) is 0 Å². The molecule has 1 aromatic carbocycles. The molecular formula is C25H26FN3O2. The van der Waals surface area contributed by atoms with E-state index in [0.29, 0.717) is 26.1 Å². The van der Waals surface area contributed by atoms with Crippen molar-refractivity contribution in [2.24, 2.45) is 5.41 Å². The number of pyridine rings is 1. The summed E-state index contributed by atoms with van der Waals surface area (Å²) in [6.45, 7) is 1.75. The quantitative estimate of drug-likeness (QED) is 0.538. The van der Waals surface area contributed by atoms with Gasteiger partial charge in [-0.05, 0) is 67.5 Å². The van der Waals surface area contributed by atoms with Gasteiger partial charge in [0.15, 0.2) is 0 Å². The number of halogens is 1. The summed E-state index contributed by atoms with van der Waals surface area (Å²) >= 11 is 0. The van der Waals surface area contributed by atoms with Gasteiger partial charge in [0.2, 0.25) is 5.91 Å². The molecule has 6 heteroatoms. The van der Waals surface area contributed by atoms with E-state index >= 15 is 0 Å². The smallest absolute Gasteiger partial charge is 0.222 e. The Labute approximate surface area is 180 Å². The lowest BCUT2D eigenvalue weighted by Crippen LogP contribution is -2.36. The summed E-state index contributed by atoms with van der Waals surface area (Å²) in [5, 5.41) is 1.11. The normalized spacial score (nSPS) is 16.9. The maximum atomic E-state index is 13.7. The van der Waals surface area contributed by atoms with Gasteiger partial charge in [-0.1, -0.05) is 12.1 Å². The molecule has 1 fully saturated rings. The first-order valence-electron chi connectivity index (χ1n) is 11.0.